The van der Waals surface area contributed by atoms with E-state index in [4.69, 9.17) is 11.6 Å². The van der Waals surface area contributed by atoms with Crippen molar-refractivity contribution in [1.82, 2.24) is 14.6 Å². The highest BCUT2D eigenvalue weighted by atomic mass is 35.5. The molecule has 3 rings (SSSR count). The molecular formula is C12H15ClN4O. The van der Waals surface area contributed by atoms with Crippen molar-refractivity contribution in [2.75, 3.05) is 5.32 Å². The maximum atomic E-state index is 9.70. The minimum atomic E-state index is -0.263. The van der Waals surface area contributed by atoms with E-state index in [1.54, 1.807) is 16.8 Å². The smallest absolute Gasteiger partial charge is 0.243 e. The molecule has 1 aliphatic carbocycles. The van der Waals surface area contributed by atoms with Gasteiger partial charge in [-0.2, -0.15) is 4.98 Å². The Morgan fingerprint density at radius 1 is 1.50 bits per heavy atom. The van der Waals surface area contributed by atoms with Crippen LogP contribution in [0.4, 0.5) is 5.95 Å². The third-order valence-corrected chi connectivity index (χ3v) is 4.04. The Morgan fingerprint density at radius 3 is 2.94 bits per heavy atom. The van der Waals surface area contributed by atoms with Crippen LogP contribution >= 0.6 is 11.6 Å². The second-order valence-corrected chi connectivity index (χ2v) is 5.79. The topological polar surface area (TPSA) is 62.5 Å². The van der Waals surface area contributed by atoms with Crippen LogP contribution in [-0.4, -0.2) is 31.9 Å². The lowest BCUT2D eigenvalue weighted by molar-refractivity contribution is -0.0512. The van der Waals surface area contributed by atoms with E-state index in [9.17, 15) is 5.11 Å². The average molecular weight is 267 g/mol. The Balaban J connectivity index is 1.84. The molecule has 2 N–H and O–H groups in total. The summed E-state index contributed by atoms with van der Waals surface area (Å²) in [5.74, 6) is 0.572. The Labute approximate surface area is 110 Å². The highest BCUT2D eigenvalue weighted by molar-refractivity contribution is 6.30. The number of nitrogens with zero attached hydrogens (tertiary/aromatic N) is 3. The quantitative estimate of drug-likeness (QED) is 0.872. The number of nitrogens with one attached hydrogen (secondary N) is 1. The standard InChI is InChI=1S/C12H15ClN4O/c1-12(2)8(5-9(12)18)14-11-15-10-4-3-7(13)6-17(10)16-11/h3-4,6,8-9,18H,5H2,1-2H3,(H,14,16). The van der Waals surface area contributed by atoms with E-state index in [1.165, 1.54) is 0 Å². The summed E-state index contributed by atoms with van der Waals surface area (Å²) in [6.07, 6.45) is 2.18. The summed E-state index contributed by atoms with van der Waals surface area (Å²) in [5.41, 5.74) is 0.606. The van der Waals surface area contributed by atoms with Crippen LogP contribution in [0.2, 0.25) is 5.02 Å². The van der Waals surface area contributed by atoms with Gasteiger partial charge in [0.05, 0.1) is 11.1 Å². The molecule has 0 amide bonds. The highest BCUT2D eigenvalue weighted by Gasteiger charge is 2.47. The van der Waals surface area contributed by atoms with Gasteiger partial charge in [0, 0.05) is 17.7 Å². The number of hydrogen-bond donors (Lipinski definition) is 2. The van der Waals surface area contributed by atoms with E-state index in [-0.39, 0.29) is 17.6 Å². The molecule has 0 saturated heterocycles. The first-order valence-electron chi connectivity index (χ1n) is 5.93. The molecule has 2 atom stereocenters. The summed E-state index contributed by atoms with van der Waals surface area (Å²) in [4.78, 5) is 4.37. The summed E-state index contributed by atoms with van der Waals surface area (Å²) in [5, 5.41) is 17.9. The highest BCUT2D eigenvalue weighted by Crippen LogP contribution is 2.41. The molecule has 2 aromatic heterocycles. The van der Waals surface area contributed by atoms with Gasteiger partial charge in [0.15, 0.2) is 5.65 Å². The molecule has 96 valence electrons. The van der Waals surface area contributed by atoms with Crippen molar-refractivity contribution in [3.63, 3.8) is 0 Å². The fourth-order valence-electron chi connectivity index (χ4n) is 2.22. The number of hydrogen-bond acceptors (Lipinski definition) is 4. The number of aliphatic hydroxyl groups excluding tert-OH is 1. The molecule has 0 bridgehead atoms. The zero-order valence-corrected chi connectivity index (χ0v) is 11.0. The third-order valence-electron chi connectivity index (χ3n) is 3.81. The third kappa shape index (κ3) is 1.74. The monoisotopic (exact) mass is 266 g/mol. The number of aromatic nitrogens is 3. The number of pyridine rings is 1. The Bertz CT molecular complexity index is 595. The number of rotatable bonds is 2. The minimum Gasteiger partial charge on any atom is -0.392 e. The largest absolute Gasteiger partial charge is 0.392 e. The molecule has 2 unspecified atom stereocenters. The van der Waals surface area contributed by atoms with Crippen LogP contribution in [0.25, 0.3) is 5.65 Å². The first-order valence-corrected chi connectivity index (χ1v) is 6.31. The van der Waals surface area contributed by atoms with Gasteiger partial charge in [-0.25, -0.2) is 4.52 Å². The molecule has 0 aromatic carbocycles. The fraction of sp³-hybridized carbons (Fsp3) is 0.500. The summed E-state index contributed by atoms with van der Waals surface area (Å²) < 4.78 is 1.65. The van der Waals surface area contributed by atoms with Gasteiger partial charge in [0.25, 0.3) is 0 Å². The lowest BCUT2D eigenvalue weighted by atomic mass is 9.65. The van der Waals surface area contributed by atoms with Crippen molar-refractivity contribution in [3.05, 3.63) is 23.4 Å². The summed E-state index contributed by atoms with van der Waals surface area (Å²) >= 11 is 5.89. The van der Waals surface area contributed by atoms with E-state index >= 15 is 0 Å². The van der Waals surface area contributed by atoms with Crippen molar-refractivity contribution >= 4 is 23.2 Å². The van der Waals surface area contributed by atoms with Gasteiger partial charge in [-0.1, -0.05) is 25.4 Å². The van der Waals surface area contributed by atoms with Crippen molar-refractivity contribution in [2.45, 2.75) is 32.4 Å². The molecule has 1 fully saturated rings. The number of anilines is 1. The molecule has 6 heteroatoms. The molecule has 0 aliphatic heterocycles. The SMILES string of the molecule is CC1(C)C(O)CC1Nc1nc2ccc(Cl)cn2n1. The van der Waals surface area contributed by atoms with Gasteiger partial charge >= 0.3 is 0 Å². The lowest BCUT2D eigenvalue weighted by Gasteiger charge is -2.49. The second-order valence-electron chi connectivity index (χ2n) is 5.36. The minimum absolute atomic E-state index is 0.144. The average Bonchev–Trinajstić information content (AvgIpc) is 2.70. The van der Waals surface area contributed by atoms with Crippen LogP contribution < -0.4 is 5.32 Å². The van der Waals surface area contributed by atoms with Gasteiger partial charge in [-0.05, 0) is 18.6 Å². The molecule has 0 spiro atoms. The van der Waals surface area contributed by atoms with Gasteiger partial charge in [0.2, 0.25) is 5.95 Å². The first kappa shape index (κ1) is 11.7. The molecule has 5 nitrogen and oxygen atoms in total. The van der Waals surface area contributed by atoms with Gasteiger partial charge in [-0.3, -0.25) is 0 Å². The number of fused-ring (bicyclic) bond motifs is 1. The van der Waals surface area contributed by atoms with Crippen LogP contribution in [0.3, 0.4) is 0 Å². The number of aliphatic hydroxyl groups is 1. The van der Waals surface area contributed by atoms with Crippen LogP contribution in [0.1, 0.15) is 20.3 Å². The van der Waals surface area contributed by atoms with E-state index < -0.39 is 0 Å². The summed E-state index contributed by atoms with van der Waals surface area (Å²) in [7, 11) is 0. The van der Waals surface area contributed by atoms with E-state index in [1.807, 2.05) is 19.9 Å². The van der Waals surface area contributed by atoms with E-state index in [2.05, 4.69) is 15.4 Å². The molecule has 1 aliphatic rings. The zero-order valence-electron chi connectivity index (χ0n) is 10.3. The van der Waals surface area contributed by atoms with Crippen molar-refractivity contribution in [2.24, 2.45) is 5.41 Å². The lowest BCUT2D eigenvalue weighted by Crippen LogP contribution is -2.57. The van der Waals surface area contributed by atoms with Gasteiger partial charge < -0.3 is 10.4 Å². The maximum Gasteiger partial charge on any atom is 0.243 e. The molecule has 0 radical (unpaired) electrons. The predicted molar refractivity (Wildman–Crippen MR) is 69.8 cm³/mol. The maximum absolute atomic E-state index is 9.70. The second kappa shape index (κ2) is 3.83. The Hall–Kier alpha value is -1.33. The van der Waals surface area contributed by atoms with E-state index in [0.717, 1.165) is 12.1 Å². The van der Waals surface area contributed by atoms with Gasteiger partial charge in [-0.15, -0.1) is 5.10 Å². The molecular weight excluding hydrogens is 252 g/mol. The van der Waals surface area contributed by atoms with Crippen molar-refractivity contribution in [1.29, 1.82) is 0 Å². The summed E-state index contributed by atoms with van der Waals surface area (Å²) in [6.45, 7) is 4.07. The van der Waals surface area contributed by atoms with Gasteiger partial charge in [0.1, 0.15) is 0 Å². The molecule has 1 saturated carbocycles. The Kier molecular flexibility index (Phi) is 2.50. The van der Waals surface area contributed by atoms with Crippen molar-refractivity contribution < 1.29 is 5.11 Å². The van der Waals surface area contributed by atoms with E-state index in [0.29, 0.717) is 11.0 Å². The molecule has 2 heterocycles. The fourth-order valence-corrected chi connectivity index (χ4v) is 2.38. The predicted octanol–water partition coefficient (Wildman–Crippen LogP) is 1.95. The molecule has 18 heavy (non-hydrogen) atoms. The zero-order chi connectivity index (χ0) is 12.9. The van der Waals surface area contributed by atoms with Crippen molar-refractivity contribution in [3.8, 4) is 0 Å². The van der Waals surface area contributed by atoms with Crippen LogP contribution in [0.5, 0.6) is 0 Å². The first-order chi connectivity index (χ1) is 8.46. The number of halogens is 1. The summed E-state index contributed by atoms with van der Waals surface area (Å²) in [6, 6.07) is 3.80. The molecule has 2 aromatic rings. The Morgan fingerprint density at radius 2 is 2.28 bits per heavy atom. The van der Waals surface area contributed by atoms with Crippen LogP contribution in [-0.2, 0) is 0 Å². The normalized spacial score (nSPS) is 26.0. The van der Waals surface area contributed by atoms with Crippen LogP contribution in [0.15, 0.2) is 18.3 Å². The van der Waals surface area contributed by atoms with Crippen LogP contribution in [0, 0.1) is 5.41 Å².